The summed E-state index contributed by atoms with van der Waals surface area (Å²) >= 11 is 0. The first-order chi connectivity index (χ1) is 11.9. The van der Waals surface area contributed by atoms with Crippen molar-refractivity contribution >= 4 is 11.7 Å². The normalized spacial score (nSPS) is 22.4. The minimum Gasteiger partial charge on any atom is -0.379 e. The third-order valence-electron chi connectivity index (χ3n) is 5.41. The van der Waals surface area contributed by atoms with Crippen LogP contribution in [0.4, 0.5) is 0 Å². The summed E-state index contributed by atoms with van der Waals surface area (Å²) in [5.74, 6) is 0.179. The van der Waals surface area contributed by atoms with Gasteiger partial charge in [0, 0.05) is 45.3 Å². The molecule has 2 saturated heterocycles. The highest BCUT2D eigenvalue weighted by Crippen LogP contribution is 2.27. The lowest BCUT2D eigenvalue weighted by molar-refractivity contribution is -0.146. The molecule has 0 aliphatic carbocycles. The van der Waals surface area contributed by atoms with Crippen LogP contribution in [0, 0.1) is 0 Å². The molecule has 7 heteroatoms. The van der Waals surface area contributed by atoms with Crippen LogP contribution in [-0.4, -0.2) is 75.7 Å². The van der Waals surface area contributed by atoms with E-state index in [4.69, 9.17) is 4.74 Å². The van der Waals surface area contributed by atoms with E-state index in [2.05, 4.69) is 10.00 Å². The Labute approximate surface area is 148 Å². The largest absolute Gasteiger partial charge is 0.379 e. The van der Waals surface area contributed by atoms with E-state index in [9.17, 15) is 9.59 Å². The van der Waals surface area contributed by atoms with Gasteiger partial charge in [-0.2, -0.15) is 5.10 Å². The average molecular weight is 348 g/mol. The molecule has 2 aliphatic rings. The molecule has 0 N–H and O–H groups in total. The maximum atomic E-state index is 13.2. The molecule has 3 heterocycles. The zero-order chi connectivity index (χ0) is 18.0. The van der Waals surface area contributed by atoms with E-state index < -0.39 is 5.54 Å². The Balaban J connectivity index is 1.67. The van der Waals surface area contributed by atoms with Crippen LogP contribution < -0.4 is 0 Å². The molecule has 0 spiro atoms. The van der Waals surface area contributed by atoms with Crippen molar-refractivity contribution < 1.29 is 14.3 Å². The Morgan fingerprint density at radius 2 is 2.00 bits per heavy atom. The maximum Gasteiger partial charge on any atom is 0.242 e. The highest BCUT2D eigenvalue weighted by atomic mass is 16.5. The number of rotatable bonds is 5. The number of amides is 1. The summed E-state index contributed by atoms with van der Waals surface area (Å²) in [7, 11) is 1.80. The molecule has 2 aliphatic heterocycles. The molecule has 7 nitrogen and oxygen atoms in total. The molecule has 0 aromatic carbocycles. The molecular weight excluding hydrogens is 320 g/mol. The summed E-state index contributed by atoms with van der Waals surface area (Å²) in [6.07, 6.45) is 5.55. The summed E-state index contributed by atoms with van der Waals surface area (Å²) in [5, 5.41) is 4.06. The summed E-state index contributed by atoms with van der Waals surface area (Å²) in [4.78, 5) is 29.8. The van der Waals surface area contributed by atoms with Crippen LogP contribution in [-0.2, 0) is 16.6 Å². The van der Waals surface area contributed by atoms with E-state index in [-0.39, 0.29) is 17.7 Å². The topological polar surface area (TPSA) is 67.7 Å². The molecule has 0 radical (unpaired) electrons. The molecule has 25 heavy (non-hydrogen) atoms. The molecule has 138 valence electrons. The Hall–Kier alpha value is -1.73. The molecule has 1 aromatic rings. The predicted molar refractivity (Wildman–Crippen MR) is 93.4 cm³/mol. The zero-order valence-electron chi connectivity index (χ0n) is 15.4. The summed E-state index contributed by atoms with van der Waals surface area (Å²) in [6, 6.07) is -0.0134. The van der Waals surface area contributed by atoms with Gasteiger partial charge in [-0.15, -0.1) is 0 Å². The number of aryl methyl sites for hydroxylation is 1. The Bertz CT molecular complexity index is 634. The number of ketones is 1. The molecule has 1 aromatic heterocycles. The van der Waals surface area contributed by atoms with Gasteiger partial charge in [-0.1, -0.05) is 0 Å². The molecular formula is C18H28N4O3. The standard InChI is InChI=1S/C18H28N4O3/c1-18(2,21-7-9-25-10-8-21)17(24)22-6-4-5-15(22)11-16(23)14-12-19-20(3)13-14/h12-13,15H,4-11H2,1-3H3/t15-/m0/s1. The minimum absolute atomic E-state index is 0.0134. The van der Waals surface area contributed by atoms with Gasteiger partial charge in [0.15, 0.2) is 5.78 Å². The van der Waals surface area contributed by atoms with Crippen LogP contribution in [0.25, 0.3) is 0 Å². The van der Waals surface area contributed by atoms with E-state index in [1.807, 2.05) is 18.7 Å². The molecule has 0 saturated carbocycles. The van der Waals surface area contributed by atoms with Crippen LogP contribution in [0.5, 0.6) is 0 Å². The number of ether oxygens (including phenoxy) is 1. The number of carbonyl (C=O) groups excluding carboxylic acids is 2. The third-order valence-corrected chi connectivity index (χ3v) is 5.41. The number of morpholine rings is 1. The Morgan fingerprint density at radius 3 is 2.64 bits per heavy atom. The Kier molecular flexibility index (Phi) is 5.24. The number of hydrogen-bond donors (Lipinski definition) is 0. The van der Waals surface area contributed by atoms with Crippen molar-refractivity contribution in [3.05, 3.63) is 18.0 Å². The van der Waals surface area contributed by atoms with E-state index in [0.717, 1.165) is 32.5 Å². The molecule has 0 unspecified atom stereocenters. The lowest BCUT2D eigenvalue weighted by Gasteiger charge is -2.42. The lowest BCUT2D eigenvalue weighted by Crippen LogP contribution is -2.59. The number of nitrogens with zero attached hydrogens (tertiary/aromatic N) is 4. The Morgan fingerprint density at radius 1 is 1.28 bits per heavy atom. The molecule has 1 amide bonds. The van der Waals surface area contributed by atoms with Gasteiger partial charge in [0.05, 0.1) is 30.5 Å². The van der Waals surface area contributed by atoms with Gasteiger partial charge >= 0.3 is 0 Å². The first-order valence-corrected chi connectivity index (χ1v) is 9.05. The summed E-state index contributed by atoms with van der Waals surface area (Å²) < 4.78 is 7.04. The highest BCUT2D eigenvalue weighted by Gasteiger charge is 2.42. The van der Waals surface area contributed by atoms with Crippen LogP contribution in [0.1, 0.15) is 43.5 Å². The number of carbonyl (C=O) groups is 2. The highest BCUT2D eigenvalue weighted by molar-refractivity contribution is 5.96. The van der Waals surface area contributed by atoms with Gasteiger partial charge in [-0.05, 0) is 26.7 Å². The van der Waals surface area contributed by atoms with E-state index in [1.165, 1.54) is 0 Å². The SMILES string of the molecule is Cn1cc(C(=O)C[C@@H]2CCCN2C(=O)C(C)(C)N2CCOCC2)cn1. The van der Waals surface area contributed by atoms with Gasteiger partial charge in [0.2, 0.25) is 5.91 Å². The van der Waals surface area contributed by atoms with Gasteiger partial charge in [-0.3, -0.25) is 19.2 Å². The maximum absolute atomic E-state index is 13.2. The molecule has 2 fully saturated rings. The average Bonchev–Trinajstić information content (AvgIpc) is 3.24. The molecule has 1 atom stereocenters. The van der Waals surface area contributed by atoms with Crippen LogP contribution in [0.15, 0.2) is 12.4 Å². The van der Waals surface area contributed by atoms with Crippen molar-refractivity contribution in [3.63, 3.8) is 0 Å². The second-order valence-electron chi connectivity index (χ2n) is 7.48. The second kappa shape index (κ2) is 7.25. The van der Waals surface area contributed by atoms with Crippen LogP contribution in [0.3, 0.4) is 0 Å². The fourth-order valence-corrected chi connectivity index (χ4v) is 3.82. The van der Waals surface area contributed by atoms with Gasteiger partial charge in [0.1, 0.15) is 0 Å². The van der Waals surface area contributed by atoms with E-state index in [0.29, 0.717) is 25.2 Å². The van der Waals surface area contributed by atoms with Crippen molar-refractivity contribution in [2.75, 3.05) is 32.8 Å². The van der Waals surface area contributed by atoms with Crippen molar-refractivity contribution in [1.29, 1.82) is 0 Å². The number of likely N-dealkylation sites (tertiary alicyclic amines) is 1. The van der Waals surface area contributed by atoms with Crippen molar-refractivity contribution in [3.8, 4) is 0 Å². The summed E-state index contributed by atoms with van der Waals surface area (Å²) in [5.41, 5.74) is 0.0539. The first kappa shape index (κ1) is 18.1. The number of aromatic nitrogens is 2. The molecule has 0 bridgehead atoms. The fourth-order valence-electron chi connectivity index (χ4n) is 3.82. The van der Waals surface area contributed by atoms with Crippen molar-refractivity contribution in [2.24, 2.45) is 7.05 Å². The third kappa shape index (κ3) is 3.77. The molecule has 3 rings (SSSR count). The van der Waals surface area contributed by atoms with Gasteiger partial charge < -0.3 is 9.64 Å². The summed E-state index contributed by atoms with van der Waals surface area (Å²) in [6.45, 7) is 7.58. The zero-order valence-corrected chi connectivity index (χ0v) is 15.4. The first-order valence-electron chi connectivity index (χ1n) is 9.05. The number of hydrogen-bond acceptors (Lipinski definition) is 5. The quantitative estimate of drug-likeness (QED) is 0.745. The smallest absolute Gasteiger partial charge is 0.242 e. The predicted octanol–water partition coefficient (Wildman–Crippen LogP) is 1.09. The minimum atomic E-state index is -0.566. The van der Waals surface area contributed by atoms with E-state index >= 15 is 0 Å². The van der Waals surface area contributed by atoms with Crippen LogP contribution in [0.2, 0.25) is 0 Å². The van der Waals surface area contributed by atoms with Gasteiger partial charge in [0.25, 0.3) is 0 Å². The lowest BCUT2D eigenvalue weighted by atomic mass is 9.98. The van der Waals surface area contributed by atoms with E-state index in [1.54, 1.807) is 24.1 Å². The fraction of sp³-hybridized carbons (Fsp3) is 0.722. The van der Waals surface area contributed by atoms with Crippen molar-refractivity contribution in [2.45, 2.75) is 44.7 Å². The number of Topliss-reactive ketones (excluding diaryl/α,β-unsaturated/α-hetero) is 1. The monoisotopic (exact) mass is 348 g/mol. The van der Waals surface area contributed by atoms with Crippen molar-refractivity contribution in [1.82, 2.24) is 19.6 Å². The second-order valence-corrected chi connectivity index (χ2v) is 7.48. The van der Waals surface area contributed by atoms with Crippen LogP contribution >= 0.6 is 0 Å². The van der Waals surface area contributed by atoms with Gasteiger partial charge in [-0.25, -0.2) is 0 Å².